The molecule has 6 heteroatoms. The van der Waals surface area contributed by atoms with E-state index < -0.39 is 5.82 Å². The smallest absolute Gasteiger partial charge is 0.224 e. The fourth-order valence-corrected chi connectivity index (χ4v) is 1.88. The summed E-state index contributed by atoms with van der Waals surface area (Å²) in [4.78, 5) is 7.82. The van der Waals surface area contributed by atoms with E-state index in [1.54, 1.807) is 7.05 Å². The van der Waals surface area contributed by atoms with Gasteiger partial charge in [0.25, 0.3) is 0 Å². The molecule has 1 fully saturated rings. The fraction of sp³-hybridized carbons (Fsp3) is 0.636. The zero-order valence-corrected chi connectivity index (χ0v) is 10.0. The molecule has 2 N–H and O–H groups in total. The second-order valence-electron chi connectivity index (χ2n) is 4.15. The SMILES string of the molecule is CNc1ncc(F)c(NCC2CCOC2C)n1. The van der Waals surface area contributed by atoms with Crippen LogP contribution in [0.25, 0.3) is 0 Å². The number of ether oxygens (including phenoxy) is 1. The number of nitrogens with one attached hydrogen (secondary N) is 2. The van der Waals surface area contributed by atoms with Crippen molar-refractivity contribution in [1.29, 1.82) is 0 Å². The van der Waals surface area contributed by atoms with Crippen molar-refractivity contribution < 1.29 is 9.13 Å². The Morgan fingerprint density at radius 3 is 3.06 bits per heavy atom. The van der Waals surface area contributed by atoms with Gasteiger partial charge in [-0.2, -0.15) is 4.98 Å². The second-order valence-corrected chi connectivity index (χ2v) is 4.15. The molecule has 2 atom stereocenters. The molecule has 0 bridgehead atoms. The number of nitrogens with zero attached hydrogens (tertiary/aromatic N) is 2. The molecule has 1 saturated heterocycles. The van der Waals surface area contributed by atoms with Gasteiger partial charge in [0, 0.05) is 26.1 Å². The summed E-state index contributed by atoms with van der Waals surface area (Å²) >= 11 is 0. The van der Waals surface area contributed by atoms with Crippen molar-refractivity contribution in [3.63, 3.8) is 0 Å². The van der Waals surface area contributed by atoms with Crippen molar-refractivity contribution in [1.82, 2.24) is 9.97 Å². The molecule has 1 aliphatic rings. The quantitative estimate of drug-likeness (QED) is 0.835. The summed E-state index contributed by atoms with van der Waals surface area (Å²) in [6.07, 6.45) is 2.38. The standard InChI is InChI=1S/C11H17FN4O/c1-7-8(3-4-17-7)5-14-10-9(12)6-15-11(13-2)16-10/h6-8H,3-5H2,1-2H3,(H2,13,14,15,16). The van der Waals surface area contributed by atoms with Crippen molar-refractivity contribution >= 4 is 11.8 Å². The van der Waals surface area contributed by atoms with Crippen LogP contribution in [0.2, 0.25) is 0 Å². The molecule has 1 aliphatic heterocycles. The maximum atomic E-state index is 13.4. The van der Waals surface area contributed by atoms with Gasteiger partial charge in [0.1, 0.15) is 0 Å². The van der Waals surface area contributed by atoms with E-state index >= 15 is 0 Å². The van der Waals surface area contributed by atoms with Crippen molar-refractivity contribution in [2.24, 2.45) is 5.92 Å². The van der Waals surface area contributed by atoms with Crippen molar-refractivity contribution in [2.45, 2.75) is 19.4 Å². The molecule has 5 nitrogen and oxygen atoms in total. The Morgan fingerprint density at radius 1 is 1.59 bits per heavy atom. The van der Waals surface area contributed by atoms with Crippen LogP contribution in [0.15, 0.2) is 6.20 Å². The first-order valence-corrected chi connectivity index (χ1v) is 5.76. The summed E-state index contributed by atoms with van der Waals surface area (Å²) in [5.41, 5.74) is 0. The molecular weight excluding hydrogens is 223 g/mol. The molecule has 0 radical (unpaired) electrons. The van der Waals surface area contributed by atoms with Gasteiger partial charge in [-0.05, 0) is 13.3 Å². The predicted molar refractivity (Wildman–Crippen MR) is 63.5 cm³/mol. The summed E-state index contributed by atoms with van der Waals surface area (Å²) in [6, 6.07) is 0. The monoisotopic (exact) mass is 240 g/mol. The zero-order chi connectivity index (χ0) is 12.3. The summed E-state index contributed by atoms with van der Waals surface area (Å²) in [6.45, 7) is 3.48. The molecule has 94 valence electrons. The maximum absolute atomic E-state index is 13.4. The zero-order valence-electron chi connectivity index (χ0n) is 10.0. The Balaban J connectivity index is 1.98. The van der Waals surface area contributed by atoms with Crippen LogP contribution in [-0.4, -0.2) is 36.3 Å². The molecule has 0 saturated carbocycles. The molecule has 0 aromatic carbocycles. The largest absolute Gasteiger partial charge is 0.378 e. The number of aromatic nitrogens is 2. The third-order valence-electron chi connectivity index (χ3n) is 3.03. The van der Waals surface area contributed by atoms with Gasteiger partial charge in [0.05, 0.1) is 12.3 Å². The maximum Gasteiger partial charge on any atom is 0.224 e. The number of rotatable bonds is 4. The Morgan fingerprint density at radius 2 is 2.41 bits per heavy atom. The second kappa shape index (κ2) is 5.27. The van der Waals surface area contributed by atoms with Crippen LogP contribution < -0.4 is 10.6 Å². The number of anilines is 2. The lowest BCUT2D eigenvalue weighted by Gasteiger charge is -2.15. The molecule has 0 spiro atoms. The average molecular weight is 240 g/mol. The van der Waals surface area contributed by atoms with Crippen LogP contribution >= 0.6 is 0 Å². The third kappa shape index (κ3) is 2.82. The van der Waals surface area contributed by atoms with Crippen molar-refractivity contribution in [3.05, 3.63) is 12.0 Å². The Bertz CT molecular complexity index is 388. The lowest BCUT2D eigenvalue weighted by atomic mass is 10.0. The lowest BCUT2D eigenvalue weighted by molar-refractivity contribution is 0.108. The first-order valence-electron chi connectivity index (χ1n) is 5.76. The normalized spacial score (nSPS) is 23.7. The van der Waals surface area contributed by atoms with Gasteiger partial charge in [0.2, 0.25) is 5.95 Å². The number of hydrogen-bond acceptors (Lipinski definition) is 5. The minimum atomic E-state index is -0.435. The average Bonchev–Trinajstić information content (AvgIpc) is 2.74. The Hall–Kier alpha value is -1.43. The van der Waals surface area contributed by atoms with E-state index in [9.17, 15) is 4.39 Å². The molecule has 2 rings (SSSR count). The minimum Gasteiger partial charge on any atom is -0.378 e. The highest BCUT2D eigenvalue weighted by molar-refractivity contribution is 5.40. The minimum absolute atomic E-state index is 0.219. The molecular formula is C11H17FN4O. The highest BCUT2D eigenvalue weighted by Gasteiger charge is 2.24. The highest BCUT2D eigenvalue weighted by atomic mass is 19.1. The van der Waals surface area contributed by atoms with E-state index in [2.05, 4.69) is 20.6 Å². The van der Waals surface area contributed by atoms with Crippen LogP contribution in [0.3, 0.4) is 0 Å². The van der Waals surface area contributed by atoms with Gasteiger partial charge in [-0.15, -0.1) is 0 Å². The summed E-state index contributed by atoms with van der Waals surface area (Å²) in [5.74, 6) is 0.617. The molecule has 2 unspecified atom stereocenters. The van der Waals surface area contributed by atoms with Crippen LogP contribution in [0.5, 0.6) is 0 Å². The molecule has 0 amide bonds. The Labute approximate surface area is 99.8 Å². The molecule has 1 aromatic heterocycles. The van der Waals surface area contributed by atoms with E-state index in [1.807, 2.05) is 6.92 Å². The van der Waals surface area contributed by atoms with Crippen LogP contribution in [0.1, 0.15) is 13.3 Å². The molecule has 1 aromatic rings. The lowest BCUT2D eigenvalue weighted by Crippen LogP contribution is -2.21. The van der Waals surface area contributed by atoms with Gasteiger partial charge in [0.15, 0.2) is 11.6 Å². The molecule has 2 heterocycles. The van der Waals surface area contributed by atoms with Gasteiger partial charge < -0.3 is 15.4 Å². The van der Waals surface area contributed by atoms with E-state index in [1.165, 1.54) is 0 Å². The summed E-state index contributed by atoms with van der Waals surface area (Å²) in [5, 5.41) is 5.79. The van der Waals surface area contributed by atoms with E-state index in [4.69, 9.17) is 4.74 Å². The summed E-state index contributed by atoms with van der Waals surface area (Å²) < 4.78 is 18.9. The number of halogens is 1. The summed E-state index contributed by atoms with van der Waals surface area (Å²) in [7, 11) is 1.70. The van der Waals surface area contributed by atoms with E-state index in [0.717, 1.165) is 19.2 Å². The van der Waals surface area contributed by atoms with Crippen LogP contribution in [-0.2, 0) is 4.74 Å². The van der Waals surface area contributed by atoms with Gasteiger partial charge in [-0.25, -0.2) is 9.37 Å². The van der Waals surface area contributed by atoms with E-state index in [0.29, 0.717) is 18.4 Å². The molecule has 17 heavy (non-hydrogen) atoms. The first kappa shape index (κ1) is 12.0. The van der Waals surface area contributed by atoms with Gasteiger partial charge >= 0.3 is 0 Å². The molecule has 0 aliphatic carbocycles. The Kier molecular flexibility index (Phi) is 3.73. The first-order chi connectivity index (χ1) is 8.20. The topological polar surface area (TPSA) is 59.1 Å². The van der Waals surface area contributed by atoms with Crippen LogP contribution in [0, 0.1) is 11.7 Å². The van der Waals surface area contributed by atoms with Gasteiger partial charge in [-0.3, -0.25) is 0 Å². The number of hydrogen-bond donors (Lipinski definition) is 2. The van der Waals surface area contributed by atoms with Gasteiger partial charge in [-0.1, -0.05) is 0 Å². The predicted octanol–water partition coefficient (Wildman–Crippen LogP) is 1.49. The van der Waals surface area contributed by atoms with Crippen LogP contribution in [0.4, 0.5) is 16.2 Å². The van der Waals surface area contributed by atoms with Crippen molar-refractivity contribution in [3.8, 4) is 0 Å². The third-order valence-corrected chi connectivity index (χ3v) is 3.03. The highest BCUT2D eigenvalue weighted by Crippen LogP contribution is 2.21. The fourth-order valence-electron chi connectivity index (χ4n) is 1.88. The van der Waals surface area contributed by atoms with Crippen molar-refractivity contribution in [2.75, 3.05) is 30.8 Å². The van der Waals surface area contributed by atoms with E-state index in [-0.39, 0.29) is 11.9 Å².